The summed E-state index contributed by atoms with van der Waals surface area (Å²) in [6.45, 7) is 1.98. The van der Waals surface area contributed by atoms with Gasteiger partial charge in [0.1, 0.15) is 22.5 Å². The van der Waals surface area contributed by atoms with Crippen LogP contribution in [0.4, 0.5) is 5.82 Å². The number of pyridine rings is 2. The Morgan fingerprint density at radius 1 is 1.11 bits per heavy atom. The Bertz CT molecular complexity index is 1770. The Balaban J connectivity index is 1.63. The second-order valence-corrected chi connectivity index (χ2v) is 8.36. The van der Waals surface area contributed by atoms with E-state index in [1.165, 1.54) is 10.5 Å². The smallest absolute Gasteiger partial charge is 0.267 e. The summed E-state index contributed by atoms with van der Waals surface area (Å²) in [5, 5.41) is 15.5. The van der Waals surface area contributed by atoms with Crippen LogP contribution in [0.15, 0.2) is 64.0 Å². The molecule has 11 heteroatoms. The van der Waals surface area contributed by atoms with Crippen molar-refractivity contribution in [3.8, 4) is 11.5 Å². The Morgan fingerprint density at radius 2 is 1.92 bits per heavy atom. The number of amides is 1. The van der Waals surface area contributed by atoms with Gasteiger partial charge in [-0.15, -0.1) is 0 Å². The summed E-state index contributed by atoms with van der Waals surface area (Å²) in [6, 6.07) is 13.8. The van der Waals surface area contributed by atoms with Crippen molar-refractivity contribution in [3.05, 3.63) is 87.5 Å². The zero-order valence-corrected chi connectivity index (χ0v) is 20.4. The lowest BCUT2D eigenvalue weighted by molar-refractivity contribution is 0.102. The van der Waals surface area contributed by atoms with E-state index in [1.807, 2.05) is 12.1 Å². The van der Waals surface area contributed by atoms with E-state index in [9.17, 15) is 9.59 Å². The predicted octanol–water partition coefficient (Wildman–Crippen LogP) is 2.94. The van der Waals surface area contributed by atoms with E-state index in [-0.39, 0.29) is 34.4 Å². The molecule has 2 N–H and O–H groups in total. The molecule has 1 amide bonds. The van der Waals surface area contributed by atoms with E-state index >= 15 is 0 Å². The van der Waals surface area contributed by atoms with Crippen LogP contribution in [-0.2, 0) is 13.0 Å². The Labute approximate surface area is 210 Å². The van der Waals surface area contributed by atoms with Crippen molar-refractivity contribution in [3.63, 3.8) is 0 Å². The van der Waals surface area contributed by atoms with Crippen molar-refractivity contribution in [2.45, 2.75) is 19.9 Å². The third-order valence-electron chi connectivity index (χ3n) is 6.00. The maximum absolute atomic E-state index is 13.4. The van der Waals surface area contributed by atoms with E-state index in [1.54, 1.807) is 62.2 Å². The summed E-state index contributed by atoms with van der Waals surface area (Å²) in [5.74, 6) is 1.34. The first-order valence-electron chi connectivity index (χ1n) is 11.4. The molecule has 37 heavy (non-hydrogen) atoms. The number of methoxy groups -OCH3 is 2. The fraction of sp³-hybridized carbons (Fsp3) is 0.192. The fourth-order valence-corrected chi connectivity index (χ4v) is 4.16. The summed E-state index contributed by atoms with van der Waals surface area (Å²) >= 11 is 0. The summed E-state index contributed by atoms with van der Waals surface area (Å²) in [7, 11) is 3.13. The minimum absolute atomic E-state index is 0.00949. The third kappa shape index (κ3) is 4.42. The van der Waals surface area contributed by atoms with Gasteiger partial charge in [0.25, 0.3) is 11.5 Å². The zero-order chi connectivity index (χ0) is 26.1. The minimum Gasteiger partial charge on any atom is -0.493 e. The van der Waals surface area contributed by atoms with Crippen molar-refractivity contribution in [1.82, 2.24) is 19.1 Å². The lowest BCUT2D eigenvalue weighted by Crippen LogP contribution is -2.32. The molecule has 0 fully saturated rings. The monoisotopic (exact) mass is 500 g/mol. The molecule has 1 aromatic carbocycles. The number of nitrogens with zero attached hydrogens (tertiary/aromatic N) is 4. The maximum atomic E-state index is 13.4. The molecule has 4 aromatic heterocycles. The molecule has 0 aliphatic rings. The molecule has 0 spiro atoms. The quantitative estimate of drug-likeness (QED) is 0.328. The van der Waals surface area contributed by atoms with Gasteiger partial charge < -0.3 is 23.9 Å². The third-order valence-corrected chi connectivity index (χ3v) is 6.00. The van der Waals surface area contributed by atoms with Crippen LogP contribution in [0.1, 0.15) is 21.7 Å². The number of hydrogen-bond acceptors (Lipinski definition) is 8. The van der Waals surface area contributed by atoms with Crippen molar-refractivity contribution >= 4 is 28.4 Å². The van der Waals surface area contributed by atoms with Gasteiger partial charge in [0.05, 0.1) is 25.2 Å². The van der Waals surface area contributed by atoms with Crippen LogP contribution in [0.3, 0.4) is 0 Å². The molecule has 0 aliphatic heterocycles. The van der Waals surface area contributed by atoms with Crippen LogP contribution in [0.25, 0.3) is 16.7 Å². The van der Waals surface area contributed by atoms with Gasteiger partial charge in [-0.3, -0.25) is 19.4 Å². The number of benzene rings is 1. The van der Waals surface area contributed by atoms with Gasteiger partial charge in [-0.25, -0.2) is 4.98 Å². The average Bonchev–Trinajstić information content (AvgIpc) is 3.32. The van der Waals surface area contributed by atoms with Crippen LogP contribution in [-0.4, -0.2) is 39.2 Å². The lowest BCUT2D eigenvalue weighted by Gasteiger charge is -2.15. The Hall–Kier alpha value is -4.93. The molecular formula is C26H24N6O5. The predicted molar refractivity (Wildman–Crippen MR) is 135 cm³/mol. The average molecular weight is 501 g/mol. The summed E-state index contributed by atoms with van der Waals surface area (Å²) in [6.07, 6.45) is 2.10. The number of anilines is 1. The van der Waals surface area contributed by atoms with Crippen LogP contribution in [0, 0.1) is 12.3 Å². The molecule has 0 atom stereocenters. The molecule has 0 bridgehead atoms. The highest BCUT2D eigenvalue weighted by Crippen LogP contribution is 2.28. The van der Waals surface area contributed by atoms with Crippen LogP contribution >= 0.6 is 0 Å². The molecule has 0 saturated heterocycles. The molecule has 0 saturated carbocycles. The van der Waals surface area contributed by atoms with Crippen LogP contribution < -0.4 is 25.8 Å². The normalized spacial score (nSPS) is 11.1. The summed E-state index contributed by atoms with van der Waals surface area (Å²) < 4.78 is 18.7. The number of aromatic nitrogens is 4. The van der Waals surface area contributed by atoms with Gasteiger partial charge in [-0.05, 0) is 49.2 Å². The van der Waals surface area contributed by atoms with E-state index < -0.39 is 5.91 Å². The first-order chi connectivity index (χ1) is 17.9. The van der Waals surface area contributed by atoms with Crippen molar-refractivity contribution in [1.29, 1.82) is 5.41 Å². The zero-order valence-electron chi connectivity index (χ0n) is 20.4. The molecule has 5 rings (SSSR count). The number of fused-ring (bicyclic) bond motifs is 2. The lowest BCUT2D eigenvalue weighted by atomic mass is 10.1. The topological polar surface area (TPSA) is 137 Å². The fourth-order valence-electron chi connectivity index (χ4n) is 4.16. The van der Waals surface area contributed by atoms with Gasteiger partial charge >= 0.3 is 0 Å². The number of hydrogen-bond donors (Lipinski definition) is 2. The van der Waals surface area contributed by atoms with Crippen LogP contribution in [0.5, 0.6) is 11.5 Å². The molecule has 0 aliphatic carbocycles. The standard InChI is InChI=1S/C26H24N6O5/c1-15-12-21(30-37-15)28-25(33)17-14-18-24(29-22-6-4-5-10-31(22)26(18)34)32(23(17)27)11-9-16-7-8-19(35-2)20(13-16)36-3/h4-8,10,12-14,27H,9,11H2,1-3H3,(H,28,30,33). The highest BCUT2D eigenvalue weighted by Gasteiger charge is 2.19. The molecule has 4 heterocycles. The second-order valence-electron chi connectivity index (χ2n) is 8.36. The number of carbonyl (C=O) groups is 1. The number of carbonyl (C=O) groups excluding carboxylic acids is 1. The molecule has 188 valence electrons. The van der Waals surface area contributed by atoms with Crippen molar-refractivity contribution in [2.24, 2.45) is 0 Å². The SMILES string of the molecule is COc1ccc(CCn2c(=N)c(C(=O)Nc3cc(C)on3)cc3c(=O)n4ccccc4nc32)cc1OC. The molecule has 0 unspecified atom stereocenters. The van der Waals surface area contributed by atoms with Gasteiger partial charge in [0.2, 0.25) is 0 Å². The van der Waals surface area contributed by atoms with Gasteiger partial charge in [-0.2, -0.15) is 0 Å². The number of aryl methyl sites for hydroxylation is 3. The molecule has 0 radical (unpaired) electrons. The summed E-state index contributed by atoms with van der Waals surface area (Å²) in [4.78, 5) is 31.2. The van der Waals surface area contributed by atoms with Gasteiger partial charge in [0, 0.05) is 18.8 Å². The first kappa shape index (κ1) is 23.8. The van der Waals surface area contributed by atoms with Crippen molar-refractivity contribution in [2.75, 3.05) is 19.5 Å². The number of ether oxygens (including phenoxy) is 2. The highest BCUT2D eigenvalue weighted by molar-refractivity contribution is 6.05. The van der Waals surface area contributed by atoms with E-state index in [2.05, 4.69) is 15.5 Å². The molecule has 5 aromatic rings. The first-order valence-corrected chi connectivity index (χ1v) is 11.4. The Morgan fingerprint density at radius 3 is 2.65 bits per heavy atom. The Kier molecular flexibility index (Phi) is 6.18. The number of rotatable bonds is 7. The van der Waals surface area contributed by atoms with Gasteiger partial charge in [-0.1, -0.05) is 17.3 Å². The minimum atomic E-state index is -0.586. The molecular weight excluding hydrogens is 476 g/mol. The van der Waals surface area contributed by atoms with Crippen LogP contribution in [0.2, 0.25) is 0 Å². The van der Waals surface area contributed by atoms with Gasteiger partial charge in [0.15, 0.2) is 17.3 Å². The van der Waals surface area contributed by atoms with E-state index in [0.29, 0.717) is 35.0 Å². The number of nitrogens with one attached hydrogen (secondary N) is 2. The molecule has 11 nitrogen and oxygen atoms in total. The summed E-state index contributed by atoms with van der Waals surface area (Å²) in [5.41, 5.74) is 1.26. The highest BCUT2D eigenvalue weighted by atomic mass is 16.5. The maximum Gasteiger partial charge on any atom is 0.267 e. The largest absolute Gasteiger partial charge is 0.493 e. The second kappa shape index (κ2) is 9.61. The van der Waals surface area contributed by atoms with E-state index in [4.69, 9.17) is 19.4 Å². The van der Waals surface area contributed by atoms with E-state index in [0.717, 1.165) is 5.56 Å². The van der Waals surface area contributed by atoms with Crippen molar-refractivity contribution < 1.29 is 18.8 Å².